The summed E-state index contributed by atoms with van der Waals surface area (Å²) in [6.45, 7) is 0.243. The molecule has 0 unspecified atom stereocenters. The van der Waals surface area contributed by atoms with E-state index in [1.165, 1.54) is 11.3 Å². The van der Waals surface area contributed by atoms with Crippen molar-refractivity contribution in [3.05, 3.63) is 32.8 Å². The molecule has 62 valence electrons. The molecule has 1 aromatic rings. The van der Waals surface area contributed by atoms with E-state index in [1.54, 1.807) is 6.07 Å². The lowest BCUT2D eigenvalue weighted by Crippen LogP contribution is -1.97. The summed E-state index contributed by atoms with van der Waals surface area (Å²) >= 11 is 1.40. The zero-order valence-electron chi connectivity index (χ0n) is 6.30. The van der Waals surface area contributed by atoms with Crippen LogP contribution < -0.4 is 0 Å². The molecule has 0 aliphatic carbocycles. The summed E-state index contributed by atoms with van der Waals surface area (Å²) in [7, 11) is 0. The number of carbonyl (C=O) groups excluding carboxylic acids is 1. The van der Waals surface area contributed by atoms with E-state index < -0.39 is 0 Å². The molecule has 0 N–H and O–H groups in total. The number of hydrogen-bond donors (Lipinski definition) is 0. The molecule has 0 saturated carbocycles. The number of thiophene rings is 1. The normalized spacial score (nSPS) is 9.00. The lowest BCUT2D eigenvalue weighted by Gasteiger charge is -1.90. The lowest BCUT2D eigenvalue weighted by atomic mass is 10.2. The summed E-state index contributed by atoms with van der Waals surface area (Å²) in [6.07, 6.45) is 0.296. The Kier molecular flexibility index (Phi) is 3.32. The first-order valence-corrected chi connectivity index (χ1v) is 4.30. The van der Waals surface area contributed by atoms with Crippen molar-refractivity contribution in [1.29, 1.82) is 0 Å². The molecule has 1 heterocycles. The van der Waals surface area contributed by atoms with Crippen molar-refractivity contribution in [2.24, 2.45) is 5.11 Å². The van der Waals surface area contributed by atoms with Crippen LogP contribution in [0.25, 0.3) is 10.4 Å². The van der Waals surface area contributed by atoms with Crippen LogP contribution in [-0.4, -0.2) is 12.3 Å². The molecule has 12 heavy (non-hydrogen) atoms. The van der Waals surface area contributed by atoms with Crippen LogP contribution in [0.1, 0.15) is 16.1 Å². The van der Waals surface area contributed by atoms with Crippen LogP contribution in [0.5, 0.6) is 0 Å². The van der Waals surface area contributed by atoms with Crippen molar-refractivity contribution in [2.75, 3.05) is 6.54 Å². The molecular weight excluding hydrogens is 174 g/mol. The Hall–Kier alpha value is -1.32. The highest BCUT2D eigenvalue weighted by Gasteiger charge is 2.04. The van der Waals surface area contributed by atoms with E-state index in [2.05, 4.69) is 10.0 Å². The number of hydrogen-bond acceptors (Lipinski definition) is 3. The van der Waals surface area contributed by atoms with Gasteiger partial charge in [-0.05, 0) is 17.0 Å². The maximum Gasteiger partial charge on any atom is 0.172 e. The molecule has 0 spiro atoms. The van der Waals surface area contributed by atoms with E-state index in [1.807, 2.05) is 11.4 Å². The van der Waals surface area contributed by atoms with Crippen LogP contribution in [0, 0.1) is 0 Å². The second-order valence-corrected chi connectivity index (χ2v) is 3.05. The Labute approximate surface area is 73.5 Å². The minimum absolute atomic E-state index is 0.0393. The number of nitrogens with zero attached hydrogens (tertiary/aromatic N) is 3. The first kappa shape index (κ1) is 8.77. The van der Waals surface area contributed by atoms with Gasteiger partial charge < -0.3 is 0 Å². The number of rotatable bonds is 4. The van der Waals surface area contributed by atoms with Crippen LogP contribution >= 0.6 is 11.3 Å². The number of ketones is 1. The van der Waals surface area contributed by atoms with E-state index in [0.717, 1.165) is 4.88 Å². The van der Waals surface area contributed by atoms with E-state index in [4.69, 9.17) is 5.53 Å². The van der Waals surface area contributed by atoms with Gasteiger partial charge in [-0.2, -0.15) is 0 Å². The van der Waals surface area contributed by atoms with Crippen molar-refractivity contribution in [1.82, 2.24) is 0 Å². The van der Waals surface area contributed by atoms with Crippen molar-refractivity contribution >= 4 is 17.1 Å². The molecule has 1 rings (SSSR count). The first-order valence-electron chi connectivity index (χ1n) is 3.42. The molecule has 0 bridgehead atoms. The topological polar surface area (TPSA) is 65.8 Å². The zero-order valence-corrected chi connectivity index (χ0v) is 7.12. The van der Waals surface area contributed by atoms with Gasteiger partial charge in [0.15, 0.2) is 5.78 Å². The van der Waals surface area contributed by atoms with Gasteiger partial charge in [0.25, 0.3) is 0 Å². The predicted molar refractivity (Wildman–Crippen MR) is 47.3 cm³/mol. The minimum atomic E-state index is 0.0393. The fraction of sp³-hybridized carbons (Fsp3) is 0.286. The lowest BCUT2D eigenvalue weighted by molar-refractivity contribution is 0.0989. The third-order valence-electron chi connectivity index (χ3n) is 1.30. The Balaban J connectivity index is 2.45. The maximum absolute atomic E-state index is 11.2. The molecule has 5 heteroatoms. The Morgan fingerprint density at radius 2 is 2.58 bits per heavy atom. The molecule has 0 amide bonds. The second kappa shape index (κ2) is 4.54. The highest BCUT2D eigenvalue weighted by molar-refractivity contribution is 7.12. The van der Waals surface area contributed by atoms with Gasteiger partial charge in [-0.1, -0.05) is 11.2 Å². The van der Waals surface area contributed by atoms with Crippen LogP contribution in [0.3, 0.4) is 0 Å². The van der Waals surface area contributed by atoms with E-state index >= 15 is 0 Å². The molecule has 0 radical (unpaired) electrons. The quantitative estimate of drug-likeness (QED) is 0.304. The third kappa shape index (κ3) is 2.38. The van der Waals surface area contributed by atoms with Gasteiger partial charge in [0, 0.05) is 17.9 Å². The molecule has 4 nitrogen and oxygen atoms in total. The molecule has 0 aromatic carbocycles. The van der Waals surface area contributed by atoms with Crippen LogP contribution in [0.2, 0.25) is 0 Å². The number of Topliss-reactive ketones (excluding diaryl/α,β-unsaturated/α-hetero) is 1. The first-order chi connectivity index (χ1) is 5.84. The molecular formula is C7H7N3OS. The van der Waals surface area contributed by atoms with E-state index in [-0.39, 0.29) is 12.3 Å². The summed E-state index contributed by atoms with van der Waals surface area (Å²) < 4.78 is 0. The third-order valence-corrected chi connectivity index (χ3v) is 2.21. The van der Waals surface area contributed by atoms with Crippen LogP contribution in [0.15, 0.2) is 22.6 Å². The Morgan fingerprint density at radius 3 is 3.17 bits per heavy atom. The van der Waals surface area contributed by atoms with Gasteiger partial charge in [0.1, 0.15) is 0 Å². The van der Waals surface area contributed by atoms with E-state index in [0.29, 0.717) is 6.42 Å². The monoisotopic (exact) mass is 181 g/mol. The Bertz CT molecular complexity index is 300. The summed E-state index contributed by atoms with van der Waals surface area (Å²) in [6, 6.07) is 3.59. The average Bonchev–Trinajstić information content (AvgIpc) is 2.56. The highest BCUT2D eigenvalue weighted by Crippen LogP contribution is 2.10. The zero-order chi connectivity index (χ0) is 8.81. The molecule has 0 atom stereocenters. The van der Waals surface area contributed by atoms with Gasteiger partial charge >= 0.3 is 0 Å². The summed E-state index contributed by atoms with van der Waals surface area (Å²) in [5.41, 5.74) is 7.96. The Morgan fingerprint density at radius 1 is 1.75 bits per heavy atom. The van der Waals surface area contributed by atoms with Gasteiger partial charge in [-0.3, -0.25) is 4.79 Å². The number of azide groups is 1. The molecule has 0 saturated heterocycles. The number of carbonyl (C=O) groups is 1. The minimum Gasteiger partial charge on any atom is -0.293 e. The molecule has 0 aliphatic rings. The smallest absolute Gasteiger partial charge is 0.172 e. The van der Waals surface area contributed by atoms with Gasteiger partial charge in [-0.15, -0.1) is 11.3 Å². The molecule has 0 fully saturated rings. The predicted octanol–water partition coefficient (Wildman–Crippen LogP) is 2.63. The molecule has 1 aromatic heterocycles. The SMILES string of the molecule is [N-]=[N+]=NCCC(=O)c1cccs1. The highest BCUT2D eigenvalue weighted by atomic mass is 32.1. The van der Waals surface area contributed by atoms with Crippen molar-refractivity contribution < 1.29 is 4.79 Å². The van der Waals surface area contributed by atoms with Crippen molar-refractivity contribution in [2.45, 2.75) is 6.42 Å². The van der Waals surface area contributed by atoms with Gasteiger partial charge in [0.05, 0.1) is 4.88 Å². The summed E-state index contributed by atoms with van der Waals surface area (Å²) in [4.78, 5) is 14.5. The van der Waals surface area contributed by atoms with Crippen molar-refractivity contribution in [3.63, 3.8) is 0 Å². The van der Waals surface area contributed by atoms with Crippen LogP contribution in [0.4, 0.5) is 0 Å². The summed E-state index contributed by atoms with van der Waals surface area (Å²) in [5.74, 6) is 0.0393. The van der Waals surface area contributed by atoms with Gasteiger partial charge in [-0.25, -0.2) is 0 Å². The fourth-order valence-corrected chi connectivity index (χ4v) is 1.45. The average molecular weight is 181 g/mol. The standard InChI is InChI=1S/C7H7N3OS/c8-10-9-4-3-6(11)7-2-1-5-12-7/h1-2,5H,3-4H2. The largest absolute Gasteiger partial charge is 0.293 e. The van der Waals surface area contributed by atoms with Crippen LogP contribution in [-0.2, 0) is 0 Å². The van der Waals surface area contributed by atoms with Crippen molar-refractivity contribution in [3.8, 4) is 0 Å². The van der Waals surface area contributed by atoms with E-state index in [9.17, 15) is 4.79 Å². The summed E-state index contributed by atoms with van der Waals surface area (Å²) in [5, 5.41) is 5.13. The maximum atomic E-state index is 11.2. The second-order valence-electron chi connectivity index (χ2n) is 2.10. The molecule has 0 aliphatic heterocycles. The fourth-order valence-electron chi connectivity index (χ4n) is 0.757. The van der Waals surface area contributed by atoms with Gasteiger partial charge in [0.2, 0.25) is 0 Å².